The summed E-state index contributed by atoms with van der Waals surface area (Å²) in [6.07, 6.45) is 42.6. The molecule has 0 aliphatic carbocycles. The van der Waals surface area contributed by atoms with Gasteiger partial charge in [0.1, 0.15) is 6.17 Å². The van der Waals surface area contributed by atoms with E-state index in [0.29, 0.717) is 6.17 Å². The molecule has 1 aliphatic rings. The molecule has 0 spiro atoms. The van der Waals surface area contributed by atoms with Crippen LogP contribution in [0.3, 0.4) is 0 Å². The van der Waals surface area contributed by atoms with Gasteiger partial charge in [0.2, 0.25) is 0 Å². The zero-order chi connectivity index (χ0) is 25.9. The van der Waals surface area contributed by atoms with Crippen molar-refractivity contribution in [1.29, 1.82) is 0 Å². The molecule has 0 bridgehead atoms. The summed E-state index contributed by atoms with van der Waals surface area (Å²) in [6.45, 7) is 9.48. The first kappa shape index (κ1) is 33.4. The summed E-state index contributed by atoms with van der Waals surface area (Å²) in [4.78, 5) is 5.31. The van der Waals surface area contributed by atoms with Crippen molar-refractivity contribution in [2.45, 2.75) is 194 Å². The molecule has 0 saturated carbocycles. The Morgan fingerprint density at radius 3 is 0.917 bits per heavy atom. The fourth-order valence-corrected chi connectivity index (χ4v) is 5.87. The summed E-state index contributed by atoms with van der Waals surface area (Å²) in [7, 11) is 0. The van der Waals surface area contributed by atoms with Gasteiger partial charge >= 0.3 is 0 Å². The minimum atomic E-state index is 0.635. The van der Waals surface area contributed by atoms with Gasteiger partial charge in [0, 0.05) is 25.5 Å². The van der Waals surface area contributed by atoms with Crippen LogP contribution < -0.4 is 0 Å². The lowest BCUT2D eigenvalue weighted by Crippen LogP contribution is -2.39. The lowest BCUT2D eigenvalue weighted by Gasteiger charge is -2.33. The molecule has 0 aromatic heterocycles. The average Bonchev–Trinajstić information content (AvgIpc) is 3.26. The number of hydrogen-bond acceptors (Lipinski definition) is 2. The molecule has 0 atom stereocenters. The molecule has 0 radical (unpaired) electrons. The van der Waals surface area contributed by atoms with Crippen molar-refractivity contribution in [1.82, 2.24) is 9.80 Å². The molecule has 1 heterocycles. The molecule has 2 nitrogen and oxygen atoms in total. The average molecular weight is 505 g/mol. The number of hydrogen-bond donors (Lipinski definition) is 0. The van der Waals surface area contributed by atoms with E-state index in [1.54, 1.807) is 0 Å². The first-order valence-electron chi connectivity index (χ1n) is 17.0. The van der Waals surface area contributed by atoms with E-state index in [9.17, 15) is 0 Å². The highest BCUT2D eigenvalue weighted by atomic mass is 15.4. The van der Waals surface area contributed by atoms with Gasteiger partial charge in [-0.05, 0) is 19.3 Å². The molecule has 0 aromatic rings. The molecule has 0 fully saturated rings. The Bertz CT molecular complexity index is 422. The van der Waals surface area contributed by atoms with Gasteiger partial charge in [0.25, 0.3) is 0 Å². The lowest BCUT2D eigenvalue weighted by molar-refractivity contribution is 0.138. The van der Waals surface area contributed by atoms with Crippen LogP contribution in [0.25, 0.3) is 0 Å². The van der Waals surface area contributed by atoms with Crippen molar-refractivity contribution < 1.29 is 0 Å². The number of nitrogens with zero attached hydrogens (tertiary/aromatic N) is 2. The Morgan fingerprint density at radius 1 is 0.361 bits per heavy atom. The molecule has 0 N–H and O–H groups in total. The summed E-state index contributed by atoms with van der Waals surface area (Å²) < 4.78 is 0. The van der Waals surface area contributed by atoms with Gasteiger partial charge in [-0.15, -0.1) is 0 Å². The molecule has 36 heavy (non-hydrogen) atoms. The molecule has 0 saturated heterocycles. The molecular formula is C34H68N2. The summed E-state index contributed by atoms with van der Waals surface area (Å²) in [5, 5.41) is 0. The maximum absolute atomic E-state index is 2.65. The predicted octanol–water partition coefficient (Wildman–Crippen LogP) is 11.6. The first-order chi connectivity index (χ1) is 17.8. The quantitative estimate of drug-likeness (QED) is 0.0977. The Hall–Kier alpha value is -0.660. The maximum Gasteiger partial charge on any atom is 0.101 e. The van der Waals surface area contributed by atoms with Crippen LogP contribution in [-0.2, 0) is 0 Å². The van der Waals surface area contributed by atoms with Crippen LogP contribution in [0, 0.1) is 0 Å². The third-order valence-corrected chi connectivity index (χ3v) is 8.30. The van der Waals surface area contributed by atoms with E-state index < -0.39 is 0 Å². The van der Waals surface area contributed by atoms with Crippen molar-refractivity contribution >= 4 is 0 Å². The second kappa shape index (κ2) is 26.0. The van der Waals surface area contributed by atoms with Gasteiger partial charge in [0.15, 0.2) is 0 Å². The SMILES string of the molecule is CCCCCCCCCCCCCCN1C=CN(CCCCCCCCCCCCCC)C1CCC. The summed E-state index contributed by atoms with van der Waals surface area (Å²) in [5.74, 6) is 0. The largest absolute Gasteiger partial charge is 0.356 e. The molecule has 0 unspecified atom stereocenters. The van der Waals surface area contributed by atoms with E-state index in [0.717, 1.165) is 0 Å². The molecule has 0 aromatic carbocycles. The van der Waals surface area contributed by atoms with E-state index in [1.165, 1.54) is 180 Å². The van der Waals surface area contributed by atoms with E-state index in [1.807, 2.05) is 0 Å². The second-order valence-corrected chi connectivity index (χ2v) is 11.8. The van der Waals surface area contributed by atoms with Crippen LogP contribution in [0.1, 0.15) is 188 Å². The lowest BCUT2D eigenvalue weighted by atomic mass is 10.1. The van der Waals surface area contributed by atoms with Gasteiger partial charge in [0.05, 0.1) is 0 Å². The summed E-state index contributed by atoms with van der Waals surface area (Å²) >= 11 is 0. The van der Waals surface area contributed by atoms with Gasteiger partial charge < -0.3 is 9.80 Å². The first-order valence-corrected chi connectivity index (χ1v) is 17.0. The van der Waals surface area contributed by atoms with Gasteiger partial charge in [-0.3, -0.25) is 0 Å². The second-order valence-electron chi connectivity index (χ2n) is 11.8. The van der Waals surface area contributed by atoms with Gasteiger partial charge in [-0.1, -0.05) is 168 Å². The topological polar surface area (TPSA) is 6.48 Å². The highest BCUT2D eigenvalue weighted by Gasteiger charge is 2.24. The minimum Gasteiger partial charge on any atom is -0.356 e. The van der Waals surface area contributed by atoms with Crippen LogP contribution >= 0.6 is 0 Å². The Kier molecular flexibility index (Phi) is 24.1. The van der Waals surface area contributed by atoms with Gasteiger partial charge in [-0.25, -0.2) is 0 Å². The van der Waals surface area contributed by atoms with Crippen molar-refractivity contribution in [2.75, 3.05) is 13.1 Å². The molecule has 1 rings (SSSR count). The van der Waals surface area contributed by atoms with Crippen LogP contribution in [0.2, 0.25) is 0 Å². The highest BCUT2D eigenvalue weighted by Crippen LogP contribution is 2.22. The summed E-state index contributed by atoms with van der Waals surface area (Å²) in [5.41, 5.74) is 0. The number of unbranched alkanes of at least 4 members (excludes halogenated alkanes) is 22. The van der Waals surface area contributed by atoms with Crippen LogP contribution in [-0.4, -0.2) is 29.1 Å². The summed E-state index contributed by atoms with van der Waals surface area (Å²) in [6, 6.07) is 0. The maximum atomic E-state index is 2.65. The van der Waals surface area contributed by atoms with Crippen LogP contribution in [0.15, 0.2) is 12.4 Å². The molecular weight excluding hydrogens is 436 g/mol. The van der Waals surface area contributed by atoms with Crippen LogP contribution in [0.4, 0.5) is 0 Å². The van der Waals surface area contributed by atoms with E-state index in [-0.39, 0.29) is 0 Å². The predicted molar refractivity (Wildman–Crippen MR) is 163 cm³/mol. The highest BCUT2D eigenvalue weighted by molar-refractivity contribution is 4.96. The zero-order valence-electron chi connectivity index (χ0n) is 25.4. The van der Waals surface area contributed by atoms with Gasteiger partial charge in [-0.2, -0.15) is 0 Å². The minimum absolute atomic E-state index is 0.635. The molecule has 1 aliphatic heterocycles. The zero-order valence-corrected chi connectivity index (χ0v) is 25.4. The fourth-order valence-electron chi connectivity index (χ4n) is 5.87. The molecule has 214 valence electrons. The monoisotopic (exact) mass is 505 g/mol. The Labute approximate surface area is 229 Å². The van der Waals surface area contributed by atoms with Crippen molar-refractivity contribution in [3.63, 3.8) is 0 Å². The standard InChI is InChI=1S/C34H68N2/c1-4-7-9-11-13-15-17-19-21-23-25-27-30-35-32-33-36(34(35)29-6-3)31-28-26-24-22-20-18-16-14-12-10-8-5-2/h32-34H,4-31H2,1-3H3. The normalized spacial score (nSPS) is 14.0. The molecule has 0 amide bonds. The van der Waals surface area contributed by atoms with Crippen molar-refractivity contribution in [3.05, 3.63) is 12.4 Å². The number of rotatable bonds is 28. The van der Waals surface area contributed by atoms with Crippen molar-refractivity contribution in [2.24, 2.45) is 0 Å². The van der Waals surface area contributed by atoms with E-state index in [2.05, 4.69) is 43.0 Å². The molecule has 2 heteroatoms. The fraction of sp³-hybridized carbons (Fsp3) is 0.941. The van der Waals surface area contributed by atoms with Crippen LogP contribution in [0.5, 0.6) is 0 Å². The van der Waals surface area contributed by atoms with E-state index in [4.69, 9.17) is 0 Å². The third-order valence-electron chi connectivity index (χ3n) is 8.30. The third kappa shape index (κ3) is 18.6. The Morgan fingerprint density at radius 2 is 0.639 bits per heavy atom. The Balaban J connectivity index is 1.98. The smallest absolute Gasteiger partial charge is 0.101 e. The van der Waals surface area contributed by atoms with E-state index >= 15 is 0 Å². The van der Waals surface area contributed by atoms with Crippen molar-refractivity contribution in [3.8, 4) is 0 Å².